The van der Waals surface area contributed by atoms with Gasteiger partial charge >= 0.3 is 5.97 Å². The lowest BCUT2D eigenvalue weighted by Gasteiger charge is -2.15. The van der Waals surface area contributed by atoms with Gasteiger partial charge in [0.15, 0.2) is 5.16 Å². The fourth-order valence-corrected chi connectivity index (χ4v) is 2.75. The smallest absolute Gasteiger partial charge is 0.313 e. The standard InChI is InChI=1S/C15H19N3O2S/c1-9(2)14-16-17-15(21-8-13(19)20)18(14)12-7-5-6-10(3)11(12)4/h5-7,9H,8H2,1-4H3,(H,19,20). The highest BCUT2D eigenvalue weighted by atomic mass is 32.2. The molecule has 0 bridgehead atoms. The molecule has 1 heterocycles. The number of aromatic nitrogens is 3. The van der Waals surface area contributed by atoms with E-state index in [9.17, 15) is 4.79 Å². The summed E-state index contributed by atoms with van der Waals surface area (Å²) in [5, 5.41) is 17.9. The van der Waals surface area contributed by atoms with Crippen LogP contribution in [0, 0.1) is 13.8 Å². The molecule has 0 radical (unpaired) electrons. The van der Waals surface area contributed by atoms with Crippen LogP contribution in [0.3, 0.4) is 0 Å². The summed E-state index contributed by atoms with van der Waals surface area (Å²) in [6.45, 7) is 8.22. The van der Waals surface area contributed by atoms with E-state index in [-0.39, 0.29) is 11.7 Å². The van der Waals surface area contributed by atoms with Gasteiger partial charge in [-0.2, -0.15) is 0 Å². The van der Waals surface area contributed by atoms with Gasteiger partial charge in [0, 0.05) is 5.92 Å². The van der Waals surface area contributed by atoms with E-state index in [0.717, 1.165) is 17.1 Å². The van der Waals surface area contributed by atoms with Crippen molar-refractivity contribution in [2.45, 2.75) is 38.8 Å². The minimum Gasteiger partial charge on any atom is -0.481 e. The molecule has 0 atom stereocenters. The van der Waals surface area contributed by atoms with E-state index in [4.69, 9.17) is 5.11 Å². The molecule has 6 heteroatoms. The predicted octanol–water partition coefficient (Wildman–Crippen LogP) is 3.18. The molecule has 0 spiro atoms. The molecule has 0 saturated heterocycles. The highest BCUT2D eigenvalue weighted by Gasteiger charge is 2.19. The van der Waals surface area contributed by atoms with E-state index in [2.05, 4.69) is 44.0 Å². The van der Waals surface area contributed by atoms with E-state index < -0.39 is 5.97 Å². The van der Waals surface area contributed by atoms with Gasteiger partial charge in [0.25, 0.3) is 0 Å². The number of carbonyl (C=O) groups is 1. The Labute approximate surface area is 128 Å². The number of hydrogen-bond acceptors (Lipinski definition) is 4. The molecular weight excluding hydrogens is 286 g/mol. The van der Waals surface area contributed by atoms with Crippen LogP contribution in [-0.2, 0) is 4.79 Å². The first-order valence-corrected chi connectivity index (χ1v) is 7.77. The summed E-state index contributed by atoms with van der Waals surface area (Å²) < 4.78 is 1.97. The molecular formula is C15H19N3O2S. The first kappa shape index (κ1) is 15.6. The molecule has 5 nitrogen and oxygen atoms in total. The average molecular weight is 305 g/mol. The maximum absolute atomic E-state index is 10.8. The molecule has 0 aliphatic heterocycles. The van der Waals surface area contributed by atoms with Gasteiger partial charge in [-0.15, -0.1) is 10.2 Å². The summed E-state index contributed by atoms with van der Waals surface area (Å²) in [7, 11) is 0. The van der Waals surface area contributed by atoms with Crippen LogP contribution in [0.15, 0.2) is 23.4 Å². The first-order valence-electron chi connectivity index (χ1n) is 6.78. The molecule has 0 fully saturated rings. The quantitative estimate of drug-likeness (QED) is 0.859. The SMILES string of the molecule is Cc1cccc(-n2c(SCC(=O)O)nnc2C(C)C)c1C. The van der Waals surface area contributed by atoms with E-state index in [0.29, 0.717) is 5.16 Å². The molecule has 21 heavy (non-hydrogen) atoms. The Balaban J connectivity index is 2.55. The molecule has 2 rings (SSSR count). The van der Waals surface area contributed by atoms with Crippen molar-refractivity contribution >= 4 is 17.7 Å². The van der Waals surface area contributed by atoms with E-state index in [1.807, 2.05) is 16.7 Å². The van der Waals surface area contributed by atoms with Crippen LogP contribution in [0.1, 0.15) is 36.7 Å². The van der Waals surface area contributed by atoms with Crippen LogP contribution in [0.5, 0.6) is 0 Å². The molecule has 0 saturated carbocycles. The molecule has 0 aliphatic carbocycles. The van der Waals surface area contributed by atoms with Crippen molar-refractivity contribution < 1.29 is 9.90 Å². The lowest BCUT2D eigenvalue weighted by molar-refractivity contribution is -0.133. The molecule has 112 valence electrons. The van der Waals surface area contributed by atoms with Crippen LogP contribution >= 0.6 is 11.8 Å². The van der Waals surface area contributed by atoms with E-state index in [1.54, 1.807) is 0 Å². The second-order valence-electron chi connectivity index (χ2n) is 5.23. The Morgan fingerprint density at radius 2 is 2.05 bits per heavy atom. The molecule has 0 amide bonds. The van der Waals surface area contributed by atoms with Crippen molar-refractivity contribution in [2.75, 3.05) is 5.75 Å². The van der Waals surface area contributed by atoms with Crippen molar-refractivity contribution in [2.24, 2.45) is 0 Å². The summed E-state index contributed by atoms with van der Waals surface area (Å²) in [4.78, 5) is 10.8. The van der Waals surface area contributed by atoms with Gasteiger partial charge in [0.2, 0.25) is 0 Å². The number of carboxylic acids is 1. The number of hydrogen-bond donors (Lipinski definition) is 1. The van der Waals surface area contributed by atoms with Crippen molar-refractivity contribution in [3.8, 4) is 5.69 Å². The Kier molecular flexibility index (Phi) is 4.67. The van der Waals surface area contributed by atoms with Crippen molar-refractivity contribution in [3.05, 3.63) is 35.2 Å². The maximum Gasteiger partial charge on any atom is 0.313 e. The van der Waals surface area contributed by atoms with Crippen LogP contribution in [0.25, 0.3) is 5.69 Å². The number of thioether (sulfide) groups is 1. The van der Waals surface area contributed by atoms with Crippen LogP contribution < -0.4 is 0 Å². The minimum atomic E-state index is -0.860. The number of rotatable bonds is 5. The number of nitrogens with zero attached hydrogens (tertiary/aromatic N) is 3. The van der Waals surface area contributed by atoms with Gasteiger partial charge in [-0.25, -0.2) is 0 Å². The van der Waals surface area contributed by atoms with Crippen molar-refractivity contribution in [1.82, 2.24) is 14.8 Å². The molecule has 1 aromatic heterocycles. The Morgan fingerprint density at radius 3 is 2.67 bits per heavy atom. The summed E-state index contributed by atoms with van der Waals surface area (Å²) in [6.07, 6.45) is 0. The Bertz CT molecular complexity index is 665. The fourth-order valence-electron chi connectivity index (χ4n) is 2.08. The van der Waals surface area contributed by atoms with Gasteiger partial charge in [0.1, 0.15) is 5.82 Å². The van der Waals surface area contributed by atoms with E-state index >= 15 is 0 Å². The monoisotopic (exact) mass is 305 g/mol. The largest absolute Gasteiger partial charge is 0.481 e. The van der Waals surface area contributed by atoms with Gasteiger partial charge in [-0.1, -0.05) is 37.7 Å². The zero-order chi connectivity index (χ0) is 15.6. The number of aryl methyl sites for hydroxylation is 1. The molecule has 1 N–H and O–H groups in total. The van der Waals surface area contributed by atoms with Crippen LogP contribution in [0.4, 0.5) is 0 Å². The number of benzene rings is 1. The number of carboxylic acid groups (broad SMARTS) is 1. The second kappa shape index (κ2) is 6.30. The highest BCUT2D eigenvalue weighted by Crippen LogP contribution is 2.28. The first-order chi connectivity index (χ1) is 9.91. The Hall–Kier alpha value is -1.82. The predicted molar refractivity (Wildman–Crippen MR) is 83.3 cm³/mol. The molecule has 0 unspecified atom stereocenters. The summed E-state index contributed by atoms with van der Waals surface area (Å²) in [5.74, 6) is 0.163. The summed E-state index contributed by atoms with van der Waals surface area (Å²) in [5.41, 5.74) is 3.35. The van der Waals surface area contributed by atoms with Crippen molar-refractivity contribution in [1.29, 1.82) is 0 Å². The Morgan fingerprint density at radius 1 is 1.33 bits per heavy atom. The second-order valence-corrected chi connectivity index (χ2v) is 6.17. The van der Waals surface area contributed by atoms with Crippen LogP contribution in [-0.4, -0.2) is 31.6 Å². The maximum atomic E-state index is 10.8. The third-order valence-corrected chi connectivity index (χ3v) is 4.23. The average Bonchev–Trinajstić information content (AvgIpc) is 2.83. The topological polar surface area (TPSA) is 68.0 Å². The lowest BCUT2D eigenvalue weighted by atomic mass is 10.1. The third-order valence-electron chi connectivity index (χ3n) is 3.32. The third kappa shape index (κ3) is 3.26. The van der Waals surface area contributed by atoms with Gasteiger partial charge in [-0.3, -0.25) is 9.36 Å². The molecule has 1 aromatic carbocycles. The van der Waals surface area contributed by atoms with E-state index in [1.165, 1.54) is 17.3 Å². The minimum absolute atomic E-state index is 0.0267. The lowest BCUT2D eigenvalue weighted by Crippen LogP contribution is -2.08. The fraction of sp³-hybridized carbons (Fsp3) is 0.400. The van der Waals surface area contributed by atoms with Gasteiger partial charge < -0.3 is 5.11 Å². The number of aliphatic carboxylic acids is 1. The molecule has 2 aromatic rings. The van der Waals surface area contributed by atoms with Crippen molar-refractivity contribution in [3.63, 3.8) is 0 Å². The summed E-state index contributed by atoms with van der Waals surface area (Å²) in [6, 6.07) is 6.07. The highest BCUT2D eigenvalue weighted by molar-refractivity contribution is 7.99. The normalized spacial score (nSPS) is 11.1. The zero-order valence-corrected chi connectivity index (χ0v) is 13.4. The van der Waals surface area contributed by atoms with Gasteiger partial charge in [-0.05, 0) is 31.0 Å². The zero-order valence-electron chi connectivity index (χ0n) is 12.6. The van der Waals surface area contributed by atoms with Crippen LogP contribution in [0.2, 0.25) is 0 Å². The molecule has 0 aliphatic rings. The van der Waals surface area contributed by atoms with Gasteiger partial charge in [0.05, 0.1) is 11.4 Å². The summed E-state index contributed by atoms with van der Waals surface area (Å²) >= 11 is 1.19.